The van der Waals surface area contributed by atoms with Crippen LogP contribution in [0.3, 0.4) is 0 Å². The van der Waals surface area contributed by atoms with E-state index in [1.165, 1.54) is 0 Å². The molecule has 3 rings (SSSR count). The first-order valence-electron chi connectivity index (χ1n) is 9.28. The van der Waals surface area contributed by atoms with Gasteiger partial charge in [-0.1, -0.05) is 11.6 Å². The lowest BCUT2D eigenvalue weighted by Gasteiger charge is -2.25. The lowest BCUT2D eigenvalue weighted by molar-refractivity contribution is 0.262. The number of urea groups is 1. The Balaban J connectivity index is 1.72. The number of benzene rings is 1. The Labute approximate surface area is 170 Å². The number of nitrogens with zero attached hydrogens (tertiary/aromatic N) is 3. The maximum atomic E-state index is 12.4. The Morgan fingerprint density at radius 3 is 2.75 bits per heavy atom. The van der Waals surface area contributed by atoms with Crippen LogP contribution in [0.15, 0.2) is 24.3 Å². The summed E-state index contributed by atoms with van der Waals surface area (Å²) < 4.78 is 0. The Morgan fingerprint density at radius 1 is 1.25 bits per heavy atom. The highest BCUT2D eigenvalue weighted by Gasteiger charge is 2.15. The smallest absolute Gasteiger partial charge is 0.326 e. The molecule has 1 aliphatic rings. The molecule has 1 aliphatic heterocycles. The van der Waals surface area contributed by atoms with E-state index in [1.54, 1.807) is 12.1 Å². The molecular formula is C19H26ClN7O. The van der Waals surface area contributed by atoms with Gasteiger partial charge in [-0.3, -0.25) is 5.32 Å². The van der Waals surface area contributed by atoms with Crippen LogP contribution in [0.25, 0.3) is 0 Å². The van der Waals surface area contributed by atoms with Gasteiger partial charge in [-0.05, 0) is 50.1 Å². The highest BCUT2D eigenvalue weighted by atomic mass is 35.5. The molecule has 0 saturated carbocycles. The van der Waals surface area contributed by atoms with Crippen LogP contribution in [-0.4, -0.2) is 49.2 Å². The Bertz CT molecular complexity index is 837. The zero-order chi connectivity index (χ0) is 20.1. The molecule has 1 saturated heterocycles. The average Bonchev–Trinajstić information content (AvgIpc) is 2.65. The van der Waals surface area contributed by atoms with Crippen LogP contribution >= 0.6 is 11.6 Å². The second-order valence-corrected chi connectivity index (χ2v) is 7.47. The minimum Gasteiger partial charge on any atom is -0.366 e. The molecule has 9 heteroatoms. The van der Waals surface area contributed by atoms with Crippen molar-refractivity contribution in [1.82, 2.24) is 15.3 Å². The van der Waals surface area contributed by atoms with E-state index in [0.29, 0.717) is 28.4 Å². The maximum absolute atomic E-state index is 12.4. The molecule has 4 N–H and O–H groups in total. The Kier molecular flexibility index (Phi) is 6.53. The summed E-state index contributed by atoms with van der Waals surface area (Å²) in [7, 11) is 3.79. The molecule has 2 heterocycles. The predicted octanol–water partition coefficient (Wildman–Crippen LogP) is 3.31. The summed E-state index contributed by atoms with van der Waals surface area (Å²) >= 11 is 6.03. The number of amides is 2. The van der Waals surface area contributed by atoms with Gasteiger partial charge in [0.05, 0.1) is 0 Å². The molecular weight excluding hydrogens is 378 g/mol. The first-order valence-corrected chi connectivity index (χ1v) is 9.66. The van der Waals surface area contributed by atoms with Crippen LogP contribution < -0.4 is 26.2 Å². The second kappa shape index (κ2) is 9.07. The van der Waals surface area contributed by atoms with Crippen LogP contribution in [0.2, 0.25) is 5.02 Å². The lowest BCUT2D eigenvalue weighted by atomic mass is 10.1. The fourth-order valence-corrected chi connectivity index (χ4v) is 3.08. The number of aromatic nitrogens is 2. The molecule has 0 aliphatic carbocycles. The van der Waals surface area contributed by atoms with Gasteiger partial charge in [0.25, 0.3) is 0 Å². The average molecular weight is 404 g/mol. The zero-order valence-electron chi connectivity index (χ0n) is 16.3. The molecule has 2 aromatic rings. The summed E-state index contributed by atoms with van der Waals surface area (Å²) in [6.07, 6.45) is 2.20. The van der Waals surface area contributed by atoms with E-state index in [1.807, 2.05) is 38.1 Å². The van der Waals surface area contributed by atoms with E-state index in [-0.39, 0.29) is 5.95 Å². The monoisotopic (exact) mass is 403 g/mol. The number of carbonyl (C=O) groups is 1. The standard InChI is InChI=1S/C19H26ClN7O/c1-12-9-13(6-7-15(12)20)23-19(28)26-18-24-16(10-17(25-18)27(2)3)22-14-5-4-8-21-11-14/h6-7,9-10,14,21H,4-5,8,11H2,1-3H3,(H3,22,23,24,25,26,28). The number of halogens is 1. The molecule has 1 aromatic heterocycles. The molecule has 28 heavy (non-hydrogen) atoms. The number of aryl methyl sites for hydroxylation is 1. The van der Waals surface area contributed by atoms with Crippen molar-refractivity contribution in [2.45, 2.75) is 25.8 Å². The number of anilines is 4. The normalized spacial score (nSPS) is 16.4. The maximum Gasteiger partial charge on any atom is 0.326 e. The molecule has 0 spiro atoms. The number of carbonyl (C=O) groups excluding carboxylic acids is 1. The summed E-state index contributed by atoms with van der Waals surface area (Å²) in [6, 6.07) is 7.06. The van der Waals surface area contributed by atoms with Gasteiger partial charge in [0, 0.05) is 43.5 Å². The number of nitrogens with one attached hydrogen (secondary N) is 4. The van der Waals surface area contributed by atoms with Crippen molar-refractivity contribution in [3.05, 3.63) is 34.9 Å². The summed E-state index contributed by atoms with van der Waals surface area (Å²) in [4.78, 5) is 23.1. The third-order valence-corrected chi connectivity index (χ3v) is 4.88. The third kappa shape index (κ3) is 5.46. The molecule has 150 valence electrons. The van der Waals surface area contributed by atoms with E-state index >= 15 is 0 Å². The summed E-state index contributed by atoms with van der Waals surface area (Å²) in [6.45, 7) is 3.82. The van der Waals surface area contributed by atoms with Crippen molar-refractivity contribution in [2.24, 2.45) is 0 Å². The van der Waals surface area contributed by atoms with Gasteiger partial charge in [0.15, 0.2) is 0 Å². The predicted molar refractivity (Wildman–Crippen MR) is 115 cm³/mol. The minimum atomic E-state index is -0.414. The minimum absolute atomic E-state index is 0.237. The highest BCUT2D eigenvalue weighted by molar-refractivity contribution is 6.31. The van der Waals surface area contributed by atoms with Crippen molar-refractivity contribution < 1.29 is 4.79 Å². The van der Waals surface area contributed by atoms with Gasteiger partial charge in [-0.15, -0.1) is 0 Å². The molecule has 8 nitrogen and oxygen atoms in total. The number of rotatable bonds is 5. The van der Waals surface area contributed by atoms with Crippen LogP contribution in [-0.2, 0) is 0 Å². The van der Waals surface area contributed by atoms with Gasteiger partial charge in [-0.2, -0.15) is 9.97 Å². The van der Waals surface area contributed by atoms with Gasteiger partial charge in [-0.25, -0.2) is 4.79 Å². The van der Waals surface area contributed by atoms with Crippen molar-refractivity contribution in [3.63, 3.8) is 0 Å². The third-order valence-electron chi connectivity index (χ3n) is 4.46. The number of piperidine rings is 1. The molecule has 1 fully saturated rings. The van der Waals surface area contributed by atoms with Crippen molar-refractivity contribution in [1.29, 1.82) is 0 Å². The van der Waals surface area contributed by atoms with E-state index in [9.17, 15) is 4.79 Å². The van der Waals surface area contributed by atoms with Crippen molar-refractivity contribution in [2.75, 3.05) is 48.0 Å². The summed E-state index contributed by atoms with van der Waals surface area (Å²) in [5, 5.41) is 12.9. The quantitative estimate of drug-likeness (QED) is 0.612. The van der Waals surface area contributed by atoms with Crippen LogP contribution in [0.4, 0.5) is 28.1 Å². The summed E-state index contributed by atoms with van der Waals surface area (Å²) in [5.74, 6) is 1.63. The van der Waals surface area contributed by atoms with E-state index < -0.39 is 6.03 Å². The zero-order valence-corrected chi connectivity index (χ0v) is 17.1. The Hall–Kier alpha value is -2.58. The first-order chi connectivity index (χ1) is 13.4. The van der Waals surface area contributed by atoms with Gasteiger partial charge in [0.2, 0.25) is 5.95 Å². The fraction of sp³-hybridized carbons (Fsp3) is 0.421. The molecule has 0 radical (unpaired) electrons. The van der Waals surface area contributed by atoms with Gasteiger partial charge in [0.1, 0.15) is 11.6 Å². The Morgan fingerprint density at radius 2 is 2.07 bits per heavy atom. The number of hydrogen-bond acceptors (Lipinski definition) is 6. The van der Waals surface area contributed by atoms with E-state index in [0.717, 1.165) is 31.5 Å². The number of hydrogen-bond donors (Lipinski definition) is 4. The topological polar surface area (TPSA) is 94.2 Å². The molecule has 2 amide bonds. The molecule has 0 bridgehead atoms. The highest BCUT2D eigenvalue weighted by Crippen LogP contribution is 2.21. The van der Waals surface area contributed by atoms with Crippen LogP contribution in [0.1, 0.15) is 18.4 Å². The SMILES string of the molecule is Cc1cc(NC(=O)Nc2nc(NC3CCCNC3)cc(N(C)C)n2)ccc1Cl. The first kappa shape index (κ1) is 20.2. The fourth-order valence-electron chi connectivity index (χ4n) is 2.96. The molecule has 1 atom stereocenters. The van der Waals surface area contributed by atoms with Crippen molar-refractivity contribution >= 4 is 40.9 Å². The van der Waals surface area contributed by atoms with E-state index in [4.69, 9.17) is 11.6 Å². The lowest BCUT2D eigenvalue weighted by Crippen LogP contribution is -2.38. The molecule has 1 unspecified atom stereocenters. The van der Waals surface area contributed by atoms with Gasteiger partial charge >= 0.3 is 6.03 Å². The summed E-state index contributed by atoms with van der Waals surface area (Å²) in [5.41, 5.74) is 1.53. The van der Waals surface area contributed by atoms with Crippen molar-refractivity contribution in [3.8, 4) is 0 Å². The second-order valence-electron chi connectivity index (χ2n) is 7.06. The largest absolute Gasteiger partial charge is 0.366 e. The van der Waals surface area contributed by atoms with Crippen LogP contribution in [0.5, 0.6) is 0 Å². The van der Waals surface area contributed by atoms with E-state index in [2.05, 4.69) is 31.2 Å². The molecule has 1 aromatic carbocycles. The van der Waals surface area contributed by atoms with Gasteiger partial charge < -0.3 is 20.9 Å². The van der Waals surface area contributed by atoms with Crippen LogP contribution in [0, 0.1) is 6.92 Å².